The van der Waals surface area contributed by atoms with E-state index in [-0.39, 0.29) is 0 Å². The lowest BCUT2D eigenvalue weighted by Gasteiger charge is -2.12. The van der Waals surface area contributed by atoms with Gasteiger partial charge in [0.1, 0.15) is 12.4 Å². The predicted octanol–water partition coefficient (Wildman–Crippen LogP) is 0.791. The van der Waals surface area contributed by atoms with Crippen LogP contribution in [0.5, 0.6) is 5.75 Å². The summed E-state index contributed by atoms with van der Waals surface area (Å²) in [5, 5.41) is 0. The average molecular weight is 195 g/mol. The number of ether oxygens (including phenoxy) is 1. The van der Waals surface area contributed by atoms with E-state index < -0.39 is 0 Å². The Morgan fingerprint density at radius 2 is 2.00 bits per heavy atom. The van der Waals surface area contributed by atoms with Crippen LogP contribution in [0.3, 0.4) is 0 Å². The molecule has 78 valence electrons. The van der Waals surface area contributed by atoms with Crippen LogP contribution >= 0.6 is 0 Å². The Balaban J connectivity index is 2.53. The first-order valence-electron chi connectivity index (χ1n) is 4.52. The second kappa shape index (κ2) is 4.72. The van der Waals surface area contributed by atoms with Gasteiger partial charge in [0, 0.05) is 18.3 Å². The summed E-state index contributed by atoms with van der Waals surface area (Å²) in [6.07, 6.45) is 0. The van der Waals surface area contributed by atoms with Gasteiger partial charge in [-0.3, -0.25) is 0 Å². The molecule has 1 aromatic carbocycles. The fraction of sp³-hybridized carbons (Fsp3) is 0.400. The number of hydrogen-bond acceptors (Lipinski definition) is 4. The van der Waals surface area contributed by atoms with Crippen molar-refractivity contribution >= 4 is 11.4 Å². The zero-order valence-corrected chi connectivity index (χ0v) is 8.66. The number of benzene rings is 1. The number of hydrogen-bond donors (Lipinski definition) is 2. The van der Waals surface area contributed by atoms with Gasteiger partial charge in [0.15, 0.2) is 0 Å². The zero-order valence-electron chi connectivity index (χ0n) is 8.66. The summed E-state index contributed by atoms with van der Waals surface area (Å²) >= 11 is 0. The summed E-state index contributed by atoms with van der Waals surface area (Å²) in [4.78, 5) is 2.04. The van der Waals surface area contributed by atoms with Crippen molar-refractivity contribution in [2.45, 2.75) is 0 Å². The molecule has 4 N–H and O–H groups in total. The maximum atomic E-state index is 5.71. The van der Waals surface area contributed by atoms with E-state index in [4.69, 9.17) is 16.2 Å². The molecule has 0 heterocycles. The third-order valence-corrected chi connectivity index (χ3v) is 1.83. The predicted molar refractivity (Wildman–Crippen MR) is 59.3 cm³/mol. The van der Waals surface area contributed by atoms with Gasteiger partial charge in [-0.15, -0.1) is 0 Å². The molecule has 14 heavy (non-hydrogen) atoms. The Kier molecular flexibility index (Phi) is 3.59. The Hall–Kier alpha value is -1.42. The fourth-order valence-corrected chi connectivity index (χ4v) is 1.01. The van der Waals surface area contributed by atoms with Gasteiger partial charge in [0.2, 0.25) is 0 Å². The quantitative estimate of drug-likeness (QED) is 0.697. The van der Waals surface area contributed by atoms with Crippen molar-refractivity contribution in [3.05, 3.63) is 18.2 Å². The SMILES string of the molecule is CN(C)CCOc1cc(N)ccc1N. The van der Waals surface area contributed by atoms with Crippen LogP contribution in [0.25, 0.3) is 0 Å². The molecule has 4 heteroatoms. The maximum Gasteiger partial charge on any atom is 0.144 e. The van der Waals surface area contributed by atoms with Gasteiger partial charge < -0.3 is 21.1 Å². The normalized spacial score (nSPS) is 10.5. The van der Waals surface area contributed by atoms with Crippen molar-refractivity contribution in [2.75, 3.05) is 38.7 Å². The molecule has 0 saturated carbocycles. The number of likely N-dealkylation sites (N-methyl/N-ethyl adjacent to an activating group) is 1. The summed E-state index contributed by atoms with van der Waals surface area (Å²) in [5.74, 6) is 0.659. The molecule has 0 unspecified atom stereocenters. The van der Waals surface area contributed by atoms with E-state index in [0.29, 0.717) is 23.7 Å². The molecule has 0 aliphatic rings. The molecular weight excluding hydrogens is 178 g/mol. The lowest BCUT2D eigenvalue weighted by molar-refractivity contribution is 0.262. The summed E-state index contributed by atoms with van der Waals surface area (Å²) in [5.41, 5.74) is 12.6. The smallest absolute Gasteiger partial charge is 0.144 e. The molecule has 0 radical (unpaired) electrons. The van der Waals surface area contributed by atoms with Gasteiger partial charge in [-0.05, 0) is 26.2 Å². The highest BCUT2D eigenvalue weighted by Gasteiger charge is 2.00. The standard InChI is InChI=1S/C10H17N3O/c1-13(2)5-6-14-10-7-8(11)3-4-9(10)12/h3-4,7H,5-6,11-12H2,1-2H3. The van der Waals surface area contributed by atoms with Gasteiger partial charge in [-0.1, -0.05) is 0 Å². The lowest BCUT2D eigenvalue weighted by Crippen LogP contribution is -2.19. The van der Waals surface area contributed by atoms with Crippen LogP contribution in [-0.2, 0) is 0 Å². The molecule has 0 aromatic heterocycles. The van der Waals surface area contributed by atoms with Crippen molar-refractivity contribution in [3.63, 3.8) is 0 Å². The molecule has 0 atom stereocenters. The van der Waals surface area contributed by atoms with Crippen LogP contribution in [0.15, 0.2) is 18.2 Å². The van der Waals surface area contributed by atoms with Crippen LogP contribution in [0.2, 0.25) is 0 Å². The van der Waals surface area contributed by atoms with Crippen molar-refractivity contribution < 1.29 is 4.74 Å². The van der Waals surface area contributed by atoms with Crippen LogP contribution in [0.4, 0.5) is 11.4 Å². The van der Waals surface area contributed by atoms with E-state index in [9.17, 15) is 0 Å². The molecule has 0 aliphatic heterocycles. The largest absolute Gasteiger partial charge is 0.490 e. The fourth-order valence-electron chi connectivity index (χ4n) is 1.01. The number of anilines is 2. The summed E-state index contributed by atoms with van der Waals surface area (Å²) in [6, 6.07) is 5.25. The monoisotopic (exact) mass is 195 g/mol. The lowest BCUT2D eigenvalue weighted by atomic mass is 10.2. The molecule has 0 spiro atoms. The first-order valence-corrected chi connectivity index (χ1v) is 4.52. The Morgan fingerprint density at radius 3 is 2.64 bits per heavy atom. The van der Waals surface area contributed by atoms with Gasteiger partial charge in [0.05, 0.1) is 5.69 Å². The first kappa shape index (κ1) is 10.7. The highest BCUT2D eigenvalue weighted by atomic mass is 16.5. The third-order valence-electron chi connectivity index (χ3n) is 1.83. The third kappa shape index (κ3) is 3.14. The second-order valence-corrected chi connectivity index (χ2v) is 3.45. The van der Waals surface area contributed by atoms with Crippen LogP contribution in [-0.4, -0.2) is 32.1 Å². The summed E-state index contributed by atoms with van der Waals surface area (Å²) in [7, 11) is 3.98. The Labute approximate surface area is 84.4 Å². The van der Waals surface area contributed by atoms with Crippen LogP contribution < -0.4 is 16.2 Å². The van der Waals surface area contributed by atoms with E-state index in [1.807, 2.05) is 19.0 Å². The molecule has 0 saturated heterocycles. The number of nitrogens with zero attached hydrogens (tertiary/aromatic N) is 1. The van der Waals surface area contributed by atoms with Crippen LogP contribution in [0.1, 0.15) is 0 Å². The van der Waals surface area contributed by atoms with Crippen molar-refractivity contribution in [1.82, 2.24) is 4.90 Å². The van der Waals surface area contributed by atoms with E-state index in [1.165, 1.54) is 0 Å². The number of nitrogen functional groups attached to an aromatic ring is 2. The maximum absolute atomic E-state index is 5.71. The van der Waals surface area contributed by atoms with Gasteiger partial charge >= 0.3 is 0 Å². The van der Waals surface area contributed by atoms with Gasteiger partial charge in [-0.2, -0.15) is 0 Å². The minimum Gasteiger partial charge on any atom is -0.490 e. The summed E-state index contributed by atoms with van der Waals surface area (Å²) < 4.78 is 5.48. The molecule has 1 rings (SSSR count). The zero-order chi connectivity index (χ0) is 10.6. The molecule has 4 nitrogen and oxygen atoms in total. The number of nitrogens with two attached hydrogens (primary N) is 2. The highest BCUT2D eigenvalue weighted by molar-refractivity contribution is 5.59. The Morgan fingerprint density at radius 1 is 1.29 bits per heavy atom. The average Bonchev–Trinajstić information content (AvgIpc) is 2.10. The first-order chi connectivity index (χ1) is 6.59. The van der Waals surface area contributed by atoms with E-state index >= 15 is 0 Å². The van der Waals surface area contributed by atoms with E-state index in [2.05, 4.69) is 0 Å². The van der Waals surface area contributed by atoms with E-state index in [0.717, 1.165) is 6.54 Å². The molecule has 0 fully saturated rings. The van der Waals surface area contributed by atoms with Gasteiger partial charge in [0.25, 0.3) is 0 Å². The summed E-state index contributed by atoms with van der Waals surface area (Å²) in [6.45, 7) is 1.47. The van der Waals surface area contributed by atoms with Crippen LogP contribution in [0, 0.1) is 0 Å². The molecule has 1 aromatic rings. The minimum atomic E-state index is 0.612. The van der Waals surface area contributed by atoms with Crippen molar-refractivity contribution in [2.24, 2.45) is 0 Å². The number of rotatable bonds is 4. The molecule has 0 bridgehead atoms. The molecule has 0 amide bonds. The highest BCUT2D eigenvalue weighted by Crippen LogP contribution is 2.23. The minimum absolute atomic E-state index is 0.612. The molecule has 0 aliphatic carbocycles. The second-order valence-electron chi connectivity index (χ2n) is 3.45. The van der Waals surface area contributed by atoms with Gasteiger partial charge in [-0.25, -0.2) is 0 Å². The van der Waals surface area contributed by atoms with Crippen molar-refractivity contribution in [1.29, 1.82) is 0 Å². The Bertz CT molecular complexity index is 299. The van der Waals surface area contributed by atoms with Crippen molar-refractivity contribution in [3.8, 4) is 5.75 Å². The molecular formula is C10H17N3O. The van der Waals surface area contributed by atoms with E-state index in [1.54, 1.807) is 18.2 Å². The topological polar surface area (TPSA) is 64.5 Å².